The van der Waals surface area contributed by atoms with E-state index in [0.29, 0.717) is 13.2 Å². The number of ether oxygens (including phenoxy) is 1. The molecule has 0 radical (unpaired) electrons. The van der Waals surface area contributed by atoms with Crippen molar-refractivity contribution in [2.24, 2.45) is 5.73 Å². The Morgan fingerprint density at radius 2 is 1.64 bits per heavy atom. The molecule has 0 aliphatic heterocycles. The Balaban J connectivity index is 1.94. The zero-order chi connectivity index (χ0) is 15.8. The van der Waals surface area contributed by atoms with E-state index in [1.807, 2.05) is 0 Å². The molecule has 0 bridgehead atoms. The van der Waals surface area contributed by atoms with Crippen molar-refractivity contribution in [3.63, 3.8) is 0 Å². The third kappa shape index (κ3) is 4.60. The molecule has 0 aliphatic carbocycles. The lowest BCUT2D eigenvalue weighted by Gasteiger charge is -2.15. The fraction of sp³-hybridized carbons (Fsp3) is 0.400. The molecule has 2 aromatic rings. The summed E-state index contributed by atoms with van der Waals surface area (Å²) in [7, 11) is 0. The fourth-order valence-electron chi connectivity index (χ4n) is 2.74. The average Bonchev–Trinajstić information content (AvgIpc) is 2.55. The quantitative estimate of drug-likeness (QED) is 0.741. The van der Waals surface area contributed by atoms with Gasteiger partial charge in [0.05, 0.1) is 0 Å². The number of aryl methyl sites for hydroxylation is 2. The van der Waals surface area contributed by atoms with E-state index in [1.165, 1.54) is 35.1 Å². The molecule has 2 aromatic carbocycles. The molecule has 2 rings (SSSR count). The molecule has 0 saturated carbocycles. The van der Waals surface area contributed by atoms with Crippen molar-refractivity contribution < 1.29 is 4.74 Å². The second-order valence-electron chi connectivity index (χ2n) is 5.81. The summed E-state index contributed by atoms with van der Waals surface area (Å²) < 4.78 is 5.81. The van der Waals surface area contributed by atoms with Crippen LogP contribution in [-0.4, -0.2) is 13.2 Å². The molecule has 2 N–H and O–H groups in total. The zero-order valence-electron chi connectivity index (χ0n) is 13.8. The summed E-state index contributed by atoms with van der Waals surface area (Å²) in [4.78, 5) is 0. The Hall–Kier alpha value is -1.80. The Morgan fingerprint density at radius 1 is 0.909 bits per heavy atom. The lowest BCUT2D eigenvalue weighted by atomic mass is 9.96. The molecule has 0 atom stereocenters. The molecule has 22 heavy (non-hydrogen) atoms. The van der Waals surface area contributed by atoms with E-state index in [9.17, 15) is 0 Å². The molecule has 2 heteroatoms. The highest BCUT2D eigenvalue weighted by molar-refractivity contribution is 5.44. The van der Waals surface area contributed by atoms with Crippen LogP contribution in [0.2, 0.25) is 0 Å². The summed E-state index contributed by atoms with van der Waals surface area (Å²) >= 11 is 0. The predicted molar refractivity (Wildman–Crippen MR) is 93.5 cm³/mol. The molecular formula is C20H27NO. The van der Waals surface area contributed by atoms with E-state index in [0.717, 1.165) is 18.6 Å². The van der Waals surface area contributed by atoms with Crippen LogP contribution in [-0.2, 0) is 12.8 Å². The van der Waals surface area contributed by atoms with Crippen LogP contribution in [0.25, 0.3) is 0 Å². The van der Waals surface area contributed by atoms with Gasteiger partial charge in [-0.3, -0.25) is 0 Å². The van der Waals surface area contributed by atoms with Gasteiger partial charge in [-0.25, -0.2) is 0 Å². The topological polar surface area (TPSA) is 35.2 Å². The summed E-state index contributed by atoms with van der Waals surface area (Å²) in [5.74, 6) is 1.01. The molecule has 0 unspecified atom stereocenters. The monoisotopic (exact) mass is 297 g/mol. The first-order valence-electron chi connectivity index (χ1n) is 8.18. The third-order valence-electron chi connectivity index (χ3n) is 4.19. The highest BCUT2D eigenvalue weighted by Gasteiger charge is 2.09. The maximum absolute atomic E-state index is 5.81. The van der Waals surface area contributed by atoms with Gasteiger partial charge in [0.2, 0.25) is 0 Å². The Kier molecular flexibility index (Phi) is 6.47. The Morgan fingerprint density at radius 3 is 2.36 bits per heavy atom. The molecular weight excluding hydrogens is 270 g/mol. The van der Waals surface area contributed by atoms with Gasteiger partial charge in [0.1, 0.15) is 12.4 Å². The first kappa shape index (κ1) is 16.6. The number of rotatable bonds is 8. The Labute approximate surface area is 134 Å². The second-order valence-corrected chi connectivity index (χ2v) is 5.81. The molecule has 0 amide bonds. The van der Waals surface area contributed by atoms with E-state index in [1.54, 1.807) is 0 Å². The van der Waals surface area contributed by atoms with Gasteiger partial charge in [0.25, 0.3) is 0 Å². The highest BCUT2D eigenvalue weighted by atomic mass is 16.5. The molecule has 0 fully saturated rings. The second kappa shape index (κ2) is 8.60. The number of hydrogen-bond acceptors (Lipinski definition) is 2. The van der Waals surface area contributed by atoms with Crippen LogP contribution in [0, 0.1) is 13.8 Å². The molecule has 0 spiro atoms. The van der Waals surface area contributed by atoms with Crippen molar-refractivity contribution in [2.45, 2.75) is 39.5 Å². The number of benzene rings is 2. The van der Waals surface area contributed by atoms with Crippen molar-refractivity contribution in [3.05, 3.63) is 64.7 Å². The van der Waals surface area contributed by atoms with E-state index >= 15 is 0 Å². The van der Waals surface area contributed by atoms with Gasteiger partial charge in [-0.2, -0.15) is 0 Å². The van der Waals surface area contributed by atoms with E-state index in [4.69, 9.17) is 10.5 Å². The van der Waals surface area contributed by atoms with Crippen molar-refractivity contribution in [1.29, 1.82) is 0 Å². The average molecular weight is 297 g/mol. The van der Waals surface area contributed by atoms with Gasteiger partial charge >= 0.3 is 0 Å². The van der Waals surface area contributed by atoms with Gasteiger partial charge in [0.15, 0.2) is 0 Å². The molecule has 0 heterocycles. The van der Waals surface area contributed by atoms with Crippen molar-refractivity contribution >= 4 is 0 Å². The molecule has 118 valence electrons. The molecule has 2 nitrogen and oxygen atoms in total. The van der Waals surface area contributed by atoms with Crippen LogP contribution in [0.15, 0.2) is 42.5 Å². The van der Waals surface area contributed by atoms with E-state index in [2.05, 4.69) is 56.3 Å². The summed E-state index contributed by atoms with van der Waals surface area (Å²) in [6.45, 7) is 5.49. The summed E-state index contributed by atoms with van der Waals surface area (Å²) in [6.07, 6.45) is 4.59. The summed E-state index contributed by atoms with van der Waals surface area (Å²) in [6, 6.07) is 14.9. The minimum Gasteiger partial charge on any atom is -0.492 e. The fourth-order valence-corrected chi connectivity index (χ4v) is 2.74. The number of hydrogen-bond donors (Lipinski definition) is 1. The molecule has 0 saturated heterocycles. The maximum Gasteiger partial charge on any atom is 0.122 e. The van der Waals surface area contributed by atoms with Crippen molar-refractivity contribution in [2.75, 3.05) is 13.2 Å². The van der Waals surface area contributed by atoms with Crippen LogP contribution in [0.3, 0.4) is 0 Å². The zero-order valence-corrected chi connectivity index (χ0v) is 13.8. The maximum atomic E-state index is 5.81. The van der Waals surface area contributed by atoms with Gasteiger partial charge < -0.3 is 10.5 Å². The van der Waals surface area contributed by atoms with Crippen molar-refractivity contribution in [1.82, 2.24) is 0 Å². The minimum absolute atomic E-state index is 0.556. The number of nitrogens with two attached hydrogens (primary N) is 1. The molecule has 0 aliphatic rings. The predicted octanol–water partition coefficient (Wildman–Crippen LogP) is 4.21. The highest BCUT2D eigenvalue weighted by Crippen LogP contribution is 2.27. The molecule has 0 aromatic heterocycles. The first-order chi connectivity index (χ1) is 10.7. The van der Waals surface area contributed by atoms with E-state index in [-0.39, 0.29) is 0 Å². The normalized spacial score (nSPS) is 10.7. The van der Waals surface area contributed by atoms with Gasteiger partial charge in [-0.05, 0) is 67.9 Å². The van der Waals surface area contributed by atoms with Crippen LogP contribution in [0.5, 0.6) is 5.75 Å². The van der Waals surface area contributed by atoms with Crippen LogP contribution < -0.4 is 10.5 Å². The van der Waals surface area contributed by atoms with Crippen molar-refractivity contribution in [3.8, 4) is 5.75 Å². The number of unbranched alkanes of at least 4 members (excludes halogenated alkanes) is 1. The van der Waals surface area contributed by atoms with Gasteiger partial charge in [-0.1, -0.05) is 36.4 Å². The lowest BCUT2D eigenvalue weighted by molar-refractivity contribution is 0.324. The van der Waals surface area contributed by atoms with E-state index < -0.39 is 0 Å². The first-order valence-corrected chi connectivity index (χ1v) is 8.18. The largest absolute Gasteiger partial charge is 0.492 e. The smallest absolute Gasteiger partial charge is 0.122 e. The third-order valence-corrected chi connectivity index (χ3v) is 4.19. The van der Waals surface area contributed by atoms with Crippen LogP contribution >= 0.6 is 0 Å². The SMILES string of the molecule is Cc1ccc(OCCN)c(CCCCc2ccccc2)c1C. The lowest BCUT2D eigenvalue weighted by Crippen LogP contribution is -2.12. The van der Waals surface area contributed by atoms with Gasteiger partial charge in [-0.15, -0.1) is 0 Å². The summed E-state index contributed by atoms with van der Waals surface area (Å²) in [5, 5.41) is 0. The van der Waals surface area contributed by atoms with Crippen LogP contribution in [0.4, 0.5) is 0 Å². The van der Waals surface area contributed by atoms with Crippen LogP contribution in [0.1, 0.15) is 35.1 Å². The minimum atomic E-state index is 0.556. The standard InChI is InChI=1S/C20H27NO/c1-16-12-13-20(22-15-14-21)19(17(16)2)11-7-6-10-18-8-4-3-5-9-18/h3-5,8-9,12-13H,6-7,10-11,14-15,21H2,1-2H3. The van der Waals surface area contributed by atoms with Gasteiger partial charge in [0, 0.05) is 6.54 Å². The summed E-state index contributed by atoms with van der Waals surface area (Å²) in [5.41, 5.74) is 11.0. The Bertz CT molecular complexity index is 578.